The van der Waals surface area contributed by atoms with Gasteiger partial charge in [0.05, 0.1) is 24.0 Å². The molecule has 116 valence electrons. The van der Waals surface area contributed by atoms with E-state index in [4.69, 9.17) is 17.2 Å². The number of nitrogens with two attached hydrogens (primary N) is 3. The zero-order chi connectivity index (χ0) is 16.3. The standard InChI is InChI=1S/C15H18N4O3/c16-10(8-20)5-9-7-19(13-4-2-1-3-11(9)13)15(22)12(17)6-14(18)21/h1-4,7-8,10,12H,5-6,16-17H2,(H2,18,21)/t10-,12-/m0/s1. The van der Waals surface area contributed by atoms with Gasteiger partial charge in [-0.25, -0.2) is 0 Å². The molecule has 2 aromatic rings. The third-order valence-corrected chi connectivity index (χ3v) is 3.40. The quantitative estimate of drug-likeness (QED) is 0.621. The van der Waals surface area contributed by atoms with Gasteiger partial charge in [-0.2, -0.15) is 0 Å². The molecule has 0 aliphatic heterocycles. The van der Waals surface area contributed by atoms with E-state index in [9.17, 15) is 14.4 Å². The normalized spacial score (nSPS) is 13.7. The number of rotatable bonds is 6. The van der Waals surface area contributed by atoms with E-state index in [1.165, 1.54) is 4.57 Å². The van der Waals surface area contributed by atoms with Crippen LogP contribution in [-0.2, 0) is 16.0 Å². The average Bonchev–Trinajstić information content (AvgIpc) is 2.84. The number of nitrogens with zero attached hydrogens (tertiary/aromatic N) is 1. The Morgan fingerprint density at radius 3 is 2.55 bits per heavy atom. The highest BCUT2D eigenvalue weighted by Crippen LogP contribution is 2.22. The molecule has 0 aliphatic rings. The number of hydrogen-bond donors (Lipinski definition) is 3. The van der Waals surface area contributed by atoms with Crippen LogP contribution in [0.25, 0.3) is 10.9 Å². The van der Waals surface area contributed by atoms with E-state index in [1.54, 1.807) is 18.3 Å². The molecular weight excluding hydrogens is 284 g/mol. The van der Waals surface area contributed by atoms with E-state index < -0.39 is 23.9 Å². The van der Waals surface area contributed by atoms with Crippen LogP contribution in [0.4, 0.5) is 0 Å². The first-order valence-corrected chi connectivity index (χ1v) is 6.82. The van der Waals surface area contributed by atoms with Gasteiger partial charge in [-0.05, 0) is 18.1 Å². The first-order valence-electron chi connectivity index (χ1n) is 6.82. The van der Waals surface area contributed by atoms with Gasteiger partial charge in [-0.15, -0.1) is 0 Å². The minimum atomic E-state index is -1.01. The number of primary amides is 1. The summed E-state index contributed by atoms with van der Waals surface area (Å²) in [4.78, 5) is 34.1. The van der Waals surface area contributed by atoms with E-state index in [-0.39, 0.29) is 6.42 Å². The number of aromatic nitrogens is 1. The van der Waals surface area contributed by atoms with Crippen LogP contribution in [0, 0.1) is 0 Å². The largest absolute Gasteiger partial charge is 0.370 e. The van der Waals surface area contributed by atoms with Crippen LogP contribution in [-0.4, -0.2) is 34.8 Å². The number of carbonyl (C=O) groups is 3. The summed E-state index contributed by atoms with van der Waals surface area (Å²) in [5, 5.41) is 0.819. The van der Waals surface area contributed by atoms with Crippen LogP contribution >= 0.6 is 0 Å². The zero-order valence-corrected chi connectivity index (χ0v) is 11.9. The molecule has 0 radical (unpaired) electrons. The van der Waals surface area contributed by atoms with Crippen LogP contribution in [0.2, 0.25) is 0 Å². The molecule has 1 heterocycles. The lowest BCUT2D eigenvalue weighted by molar-refractivity contribution is -0.118. The predicted molar refractivity (Wildman–Crippen MR) is 82.1 cm³/mol. The summed E-state index contributed by atoms with van der Waals surface area (Å²) in [7, 11) is 0. The molecule has 0 spiro atoms. The Morgan fingerprint density at radius 1 is 1.23 bits per heavy atom. The summed E-state index contributed by atoms with van der Waals surface area (Å²) in [6.45, 7) is 0. The summed E-state index contributed by atoms with van der Waals surface area (Å²) in [5.41, 5.74) is 17.9. The maximum absolute atomic E-state index is 12.4. The van der Waals surface area contributed by atoms with E-state index in [2.05, 4.69) is 0 Å². The van der Waals surface area contributed by atoms with Crippen molar-refractivity contribution in [3.05, 3.63) is 36.0 Å². The number of amides is 1. The number of fused-ring (bicyclic) bond motifs is 1. The van der Waals surface area contributed by atoms with Gasteiger partial charge in [0.1, 0.15) is 6.29 Å². The van der Waals surface area contributed by atoms with Crippen molar-refractivity contribution in [1.82, 2.24) is 4.57 Å². The number of aldehydes is 1. The molecule has 0 aliphatic carbocycles. The molecule has 1 aromatic carbocycles. The molecule has 0 saturated heterocycles. The molecule has 6 N–H and O–H groups in total. The van der Waals surface area contributed by atoms with Crippen molar-refractivity contribution < 1.29 is 14.4 Å². The topological polar surface area (TPSA) is 134 Å². The van der Waals surface area contributed by atoms with Crippen molar-refractivity contribution in [2.75, 3.05) is 0 Å². The highest BCUT2D eigenvalue weighted by molar-refractivity contribution is 5.98. The fourth-order valence-electron chi connectivity index (χ4n) is 2.38. The fourth-order valence-corrected chi connectivity index (χ4v) is 2.38. The Kier molecular flexibility index (Phi) is 4.69. The summed E-state index contributed by atoms with van der Waals surface area (Å²) in [6.07, 6.45) is 2.36. The molecule has 1 amide bonds. The van der Waals surface area contributed by atoms with Crippen molar-refractivity contribution in [3.8, 4) is 0 Å². The van der Waals surface area contributed by atoms with Crippen molar-refractivity contribution in [2.45, 2.75) is 24.9 Å². The first-order chi connectivity index (χ1) is 10.4. The highest BCUT2D eigenvalue weighted by atomic mass is 16.2. The van der Waals surface area contributed by atoms with Gasteiger partial charge in [-0.1, -0.05) is 18.2 Å². The summed E-state index contributed by atoms with van der Waals surface area (Å²) >= 11 is 0. The lowest BCUT2D eigenvalue weighted by atomic mass is 10.1. The monoisotopic (exact) mass is 302 g/mol. The van der Waals surface area contributed by atoms with Gasteiger partial charge in [0.2, 0.25) is 11.8 Å². The second-order valence-corrected chi connectivity index (χ2v) is 5.16. The van der Waals surface area contributed by atoms with Crippen molar-refractivity contribution >= 4 is 29.0 Å². The van der Waals surface area contributed by atoms with E-state index in [1.807, 2.05) is 12.1 Å². The van der Waals surface area contributed by atoms with E-state index in [0.29, 0.717) is 18.2 Å². The third kappa shape index (κ3) is 3.21. The summed E-state index contributed by atoms with van der Waals surface area (Å²) in [5.74, 6) is -1.07. The Morgan fingerprint density at radius 2 is 1.91 bits per heavy atom. The van der Waals surface area contributed by atoms with Crippen LogP contribution in [0.3, 0.4) is 0 Å². The van der Waals surface area contributed by atoms with Gasteiger partial charge < -0.3 is 22.0 Å². The number of benzene rings is 1. The van der Waals surface area contributed by atoms with Gasteiger partial charge in [-0.3, -0.25) is 14.2 Å². The second-order valence-electron chi connectivity index (χ2n) is 5.16. The molecule has 2 atom stereocenters. The minimum Gasteiger partial charge on any atom is -0.370 e. The van der Waals surface area contributed by atoms with Crippen LogP contribution in [0.15, 0.2) is 30.5 Å². The first kappa shape index (κ1) is 15.9. The zero-order valence-electron chi connectivity index (χ0n) is 11.9. The van der Waals surface area contributed by atoms with E-state index >= 15 is 0 Å². The number of carbonyl (C=O) groups excluding carboxylic acids is 3. The molecule has 1 aromatic heterocycles. The van der Waals surface area contributed by atoms with Gasteiger partial charge in [0.25, 0.3) is 0 Å². The Hall–Kier alpha value is -2.51. The Bertz CT molecular complexity index is 723. The van der Waals surface area contributed by atoms with Gasteiger partial charge >= 0.3 is 0 Å². The number of hydrogen-bond acceptors (Lipinski definition) is 5. The lowest BCUT2D eigenvalue weighted by Gasteiger charge is -2.10. The summed E-state index contributed by atoms with van der Waals surface area (Å²) in [6, 6.07) is 5.56. The Labute approximate surface area is 127 Å². The predicted octanol–water partition coefficient (Wildman–Crippen LogP) is -0.447. The average molecular weight is 302 g/mol. The maximum atomic E-state index is 12.4. The molecule has 0 saturated carbocycles. The molecule has 2 rings (SSSR count). The second kappa shape index (κ2) is 6.50. The molecule has 22 heavy (non-hydrogen) atoms. The molecular formula is C15H18N4O3. The SMILES string of the molecule is NC(=O)C[C@H](N)C(=O)n1cc(C[C@H](N)C=O)c2ccccc21. The van der Waals surface area contributed by atoms with Crippen molar-refractivity contribution in [2.24, 2.45) is 17.2 Å². The molecule has 7 nitrogen and oxygen atoms in total. The van der Waals surface area contributed by atoms with Gasteiger partial charge in [0, 0.05) is 11.6 Å². The molecule has 0 fully saturated rings. The third-order valence-electron chi connectivity index (χ3n) is 3.40. The molecule has 7 heteroatoms. The van der Waals surface area contributed by atoms with Gasteiger partial charge in [0.15, 0.2) is 0 Å². The van der Waals surface area contributed by atoms with Crippen molar-refractivity contribution in [1.29, 1.82) is 0 Å². The molecule has 0 bridgehead atoms. The Balaban J connectivity index is 2.43. The lowest BCUT2D eigenvalue weighted by Crippen LogP contribution is -2.38. The highest BCUT2D eigenvalue weighted by Gasteiger charge is 2.21. The minimum absolute atomic E-state index is 0.228. The van der Waals surface area contributed by atoms with E-state index in [0.717, 1.165) is 10.9 Å². The number of para-hydroxylation sites is 1. The van der Waals surface area contributed by atoms with Crippen LogP contribution in [0.1, 0.15) is 16.8 Å². The smallest absolute Gasteiger partial charge is 0.248 e. The van der Waals surface area contributed by atoms with Crippen molar-refractivity contribution in [3.63, 3.8) is 0 Å². The maximum Gasteiger partial charge on any atom is 0.248 e. The van der Waals surface area contributed by atoms with Crippen LogP contribution < -0.4 is 17.2 Å². The fraction of sp³-hybridized carbons (Fsp3) is 0.267. The van der Waals surface area contributed by atoms with Crippen LogP contribution in [0.5, 0.6) is 0 Å². The summed E-state index contributed by atoms with van der Waals surface area (Å²) < 4.78 is 1.38. The molecule has 0 unspecified atom stereocenters.